The molecule has 1 aromatic rings. The highest BCUT2D eigenvalue weighted by Crippen LogP contribution is 2.29. The third-order valence-corrected chi connectivity index (χ3v) is 3.24. The molecule has 1 aliphatic rings. The molecule has 1 fully saturated rings. The van der Waals surface area contributed by atoms with Gasteiger partial charge in [-0.05, 0) is 43.5 Å². The highest BCUT2D eigenvalue weighted by atomic mass is 32.1. The Balaban J connectivity index is 2.04. The SMILES string of the molecule is CN(Cc1ccc(F)c(C(N)=S)c1)CC1CC1. The van der Waals surface area contributed by atoms with Gasteiger partial charge in [-0.1, -0.05) is 18.3 Å². The average Bonchev–Trinajstić information content (AvgIpc) is 3.04. The molecular formula is C13H17FN2S. The molecule has 17 heavy (non-hydrogen) atoms. The third kappa shape index (κ3) is 3.48. The van der Waals surface area contributed by atoms with Crippen LogP contribution >= 0.6 is 12.2 Å². The van der Waals surface area contributed by atoms with Crippen molar-refractivity contribution < 1.29 is 4.39 Å². The monoisotopic (exact) mass is 252 g/mol. The molecule has 0 radical (unpaired) electrons. The van der Waals surface area contributed by atoms with Crippen LogP contribution in [0.25, 0.3) is 0 Å². The Labute approximate surface area is 107 Å². The maximum Gasteiger partial charge on any atom is 0.133 e. The molecule has 1 aliphatic carbocycles. The molecule has 2 N–H and O–H groups in total. The van der Waals surface area contributed by atoms with Gasteiger partial charge in [0.05, 0.1) is 0 Å². The normalized spacial score (nSPS) is 15.2. The van der Waals surface area contributed by atoms with Crippen LogP contribution in [0.15, 0.2) is 18.2 Å². The quantitative estimate of drug-likeness (QED) is 0.815. The van der Waals surface area contributed by atoms with Crippen LogP contribution in [0.2, 0.25) is 0 Å². The van der Waals surface area contributed by atoms with Crippen molar-refractivity contribution in [2.75, 3.05) is 13.6 Å². The predicted octanol–water partition coefficient (Wildman–Crippen LogP) is 2.30. The van der Waals surface area contributed by atoms with Gasteiger partial charge in [-0.25, -0.2) is 4.39 Å². The third-order valence-electron chi connectivity index (χ3n) is 3.02. The first-order valence-electron chi connectivity index (χ1n) is 5.83. The van der Waals surface area contributed by atoms with Crippen molar-refractivity contribution >= 4 is 17.2 Å². The number of nitrogens with zero attached hydrogens (tertiary/aromatic N) is 1. The lowest BCUT2D eigenvalue weighted by molar-refractivity contribution is 0.313. The second-order valence-electron chi connectivity index (χ2n) is 4.82. The van der Waals surface area contributed by atoms with Crippen LogP contribution in [0.4, 0.5) is 4.39 Å². The summed E-state index contributed by atoms with van der Waals surface area (Å²) in [7, 11) is 2.09. The van der Waals surface area contributed by atoms with E-state index in [2.05, 4.69) is 11.9 Å². The summed E-state index contributed by atoms with van der Waals surface area (Å²) in [6.07, 6.45) is 2.68. The van der Waals surface area contributed by atoms with E-state index < -0.39 is 0 Å². The molecule has 92 valence electrons. The number of hydrogen-bond acceptors (Lipinski definition) is 2. The number of halogens is 1. The van der Waals surface area contributed by atoms with Crippen LogP contribution in [0.1, 0.15) is 24.0 Å². The minimum Gasteiger partial charge on any atom is -0.389 e. The topological polar surface area (TPSA) is 29.3 Å². The number of hydrogen-bond donors (Lipinski definition) is 1. The van der Waals surface area contributed by atoms with Crippen LogP contribution in [0.3, 0.4) is 0 Å². The van der Waals surface area contributed by atoms with Gasteiger partial charge in [-0.15, -0.1) is 0 Å². The highest BCUT2D eigenvalue weighted by molar-refractivity contribution is 7.80. The molecule has 0 amide bonds. The van der Waals surface area contributed by atoms with Gasteiger partial charge in [0.1, 0.15) is 10.8 Å². The molecule has 1 aromatic carbocycles. The van der Waals surface area contributed by atoms with Crippen LogP contribution in [-0.4, -0.2) is 23.5 Å². The van der Waals surface area contributed by atoms with E-state index in [1.165, 1.54) is 18.9 Å². The summed E-state index contributed by atoms with van der Waals surface area (Å²) in [6.45, 7) is 1.92. The van der Waals surface area contributed by atoms with Crippen LogP contribution in [0, 0.1) is 11.7 Å². The van der Waals surface area contributed by atoms with Gasteiger partial charge in [-0.3, -0.25) is 0 Å². The Morgan fingerprint density at radius 1 is 1.53 bits per heavy atom. The molecular weight excluding hydrogens is 235 g/mol. The summed E-state index contributed by atoms with van der Waals surface area (Å²) in [4.78, 5) is 2.38. The first kappa shape index (κ1) is 12.5. The number of thiocarbonyl (C=S) groups is 1. The number of rotatable bonds is 5. The minimum atomic E-state index is -0.342. The van der Waals surface area contributed by atoms with Crippen molar-refractivity contribution in [1.82, 2.24) is 4.90 Å². The smallest absolute Gasteiger partial charge is 0.133 e. The lowest BCUT2D eigenvalue weighted by Crippen LogP contribution is -2.21. The number of benzene rings is 1. The zero-order valence-corrected chi connectivity index (χ0v) is 10.8. The van der Waals surface area contributed by atoms with Crippen molar-refractivity contribution in [1.29, 1.82) is 0 Å². The summed E-state index contributed by atoms with van der Waals surface area (Å²) in [5.41, 5.74) is 6.88. The van der Waals surface area contributed by atoms with Gasteiger partial charge in [0.15, 0.2) is 0 Å². The Bertz CT molecular complexity index is 429. The fourth-order valence-corrected chi connectivity index (χ4v) is 2.13. The van der Waals surface area contributed by atoms with E-state index in [0.717, 1.165) is 24.6 Å². The molecule has 2 nitrogen and oxygen atoms in total. The molecule has 0 bridgehead atoms. The van der Waals surface area contributed by atoms with Gasteiger partial charge < -0.3 is 10.6 Å². The van der Waals surface area contributed by atoms with Crippen LogP contribution in [-0.2, 0) is 6.54 Å². The summed E-state index contributed by atoms with van der Waals surface area (Å²) in [5.74, 6) is 0.515. The van der Waals surface area contributed by atoms with E-state index in [1.807, 2.05) is 0 Å². The van der Waals surface area contributed by atoms with Crippen molar-refractivity contribution in [2.45, 2.75) is 19.4 Å². The first-order valence-corrected chi connectivity index (χ1v) is 6.24. The Hall–Kier alpha value is -1.00. The summed E-state index contributed by atoms with van der Waals surface area (Å²) < 4.78 is 13.4. The molecule has 0 spiro atoms. The average molecular weight is 252 g/mol. The molecule has 1 saturated carbocycles. The fraction of sp³-hybridized carbons (Fsp3) is 0.462. The second kappa shape index (κ2) is 5.10. The van der Waals surface area contributed by atoms with Gasteiger partial charge in [0.2, 0.25) is 0 Å². The molecule has 2 rings (SSSR count). The summed E-state index contributed by atoms with van der Waals surface area (Å²) >= 11 is 4.83. The van der Waals surface area contributed by atoms with Crippen molar-refractivity contribution in [3.05, 3.63) is 35.1 Å². The van der Waals surface area contributed by atoms with Crippen molar-refractivity contribution in [3.63, 3.8) is 0 Å². The maximum atomic E-state index is 13.4. The highest BCUT2D eigenvalue weighted by Gasteiger charge is 2.22. The van der Waals surface area contributed by atoms with Gasteiger partial charge >= 0.3 is 0 Å². The van der Waals surface area contributed by atoms with Crippen LogP contribution in [0.5, 0.6) is 0 Å². The van der Waals surface area contributed by atoms with E-state index >= 15 is 0 Å². The number of nitrogens with two attached hydrogens (primary N) is 1. The van der Waals surface area contributed by atoms with Gasteiger partial charge in [0.25, 0.3) is 0 Å². The Morgan fingerprint density at radius 2 is 2.24 bits per heavy atom. The van der Waals surface area contributed by atoms with E-state index in [9.17, 15) is 4.39 Å². The molecule has 0 saturated heterocycles. The van der Waals surface area contributed by atoms with E-state index in [-0.39, 0.29) is 10.8 Å². The van der Waals surface area contributed by atoms with Crippen molar-refractivity contribution in [2.24, 2.45) is 11.7 Å². The first-order chi connectivity index (χ1) is 8.06. The fourth-order valence-electron chi connectivity index (χ4n) is 1.98. The second-order valence-corrected chi connectivity index (χ2v) is 5.26. The molecule has 0 aliphatic heterocycles. The predicted molar refractivity (Wildman–Crippen MR) is 71.3 cm³/mol. The zero-order valence-electron chi connectivity index (χ0n) is 9.95. The molecule has 0 aromatic heterocycles. The van der Waals surface area contributed by atoms with E-state index in [1.54, 1.807) is 12.1 Å². The lowest BCUT2D eigenvalue weighted by Gasteiger charge is -2.16. The standard InChI is InChI=1S/C13H17FN2S/c1-16(7-9-2-3-9)8-10-4-5-12(14)11(6-10)13(15)17/h4-6,9H,2-3,7-8H2,1H3,(H2,15,17). The summed E-state index contributed by atoms with van der Waals surface area (Å²) in [6, 6.07) is 4.98. The summed E-state index contributed by atoms with van der Waals surface area (Å²) in [5, 5.41) is 0. The molecule has 0 atom stereocenters. The van der Waals surface area contributed by atoms with E-state index in [0.29, 0.717) is 5.56 Å². The van der Waals surface area contributed by atoms with Gasteiger partial charge in [0, 0.05) is 18.7 Å². The Morgan fingerprint density at radius 3 is 2.82 bits per heavy atom. The molecule has 0 heterocycles. The molecule has 4 heteroatoms. The molecule has 0 unspecified atom stereocenters. The Kier molecular flexibility index (Phi) is 3.74. The van der Waals surface area contributed by atoms with Gasteiger partial charge in [-0.2, -0.15) is 0 Å². The van der Waals surface area contributed by atoms with E-state index in [4.69, 9.17) is 18.0 Å². The minimum absolute atomic E-state index is 0.120. The zero-order chi connectivity index (χ0) is 12.4. The van der Waals surface area contributed by atoms with Crippen molar-refractivity contribution in [3.8, 4) is 0 Å². The largest absolute Gasteiger partial charge is 0.389 e. The van der Waals surface area contributed by atoms with Crippen LogP contribution < -0.4 is 5.73 Å². The lowest BCUT2D eigenvalue weighted by atomic mass is 10.1. The maximum absolute atomic E-state index is 13.4.